The lowest BCUT2D eigenvalue weighted by molar-refractivity contribution is 0.397. The molecule has 0 saturated heterocycles. The summed E-state index contributed by atoms with van der Waals surface area (Å²) in [6, 6.07) is 7.43. The zero-order chi connectivity index (χ0) is 12.8. The van der Waals surface area contributed by atoms with Crippen molar-refractivity contribution in [1.82, 2.24) is 5.32 Å². The number of hydrogen-bond acceptors (Lipinski definition) is 1. The van der Waals surface area contributed by atoms with Gasteiger partial charge >= 0.3 is 0 Å². The molecule has 0 aliphatic rings. The van der Waals surface area contributed by atoms with Gasteiger partial charge < -0.3 is 5.32 Å². The highest BCUT2D eigenvalue weighted by Crippen LogP contribution is 2.14. The van der Waals surface area contributed by atoms with Gasteiger partial charge in [0, 0.05) is 6.04 Å². The van der Waals surface area contributed by atoms with Crippen LogP contribution in [0, 0.1) is 19.8 Å². The van der Waals surface area contributed by atoms with E-state index in [9.17, 15) is 0 Å². The highest BCUT2D eigenvalue weighted by molar-refractivity contribution is 5.30. The maximum atomic E-state index is 3.65. The van der Waals surface area contributed by atoms with Gasteiger partial charge in [-0.2, -0.15) is 0 Å². The minimum atomic E-state index is 0.594. The molecule has 1 aromatic carbocycles. The Morgan fingerprint density at radius 1 is 1.12 bits per heavy atom. The summed E-state index contributed by atoms with van der Waals surface area (Å²) in [6.07, 6.45) is 2.34. The molecule has 0 radical (unpaired) electrons. The molecule has 1 rings (SSSR count). The van der Waals surface area contributed by atoms with E-state index in [2.05, 4.69) is 58.1 Å². The summed E-state index contributed by atoms with van der Waals surface area (Å²) in [4.78, 5) is 0. The van der Waals surface area contributed by atoms with Crippen LogP contribution in [0.25, 0.3) is 0 Å². The van der Waals surface area contributed by atoms with Gasteiger partial charge in [-0.1, -0.05) is 39.0 Å². The van der Waals surface area contributed by atoms with Gasteiger partial charge in [0.15, 0.2) is 0 Å². The molecule has 0 aromatic heterocycles. The first-order valence-electron chi connectivity index (χ1n) is 6.84. The van der Waals surface area contributed by atoms with Gasteiger partial charge in [-0.25, -0.2) is 0 Å². The number of benzene rings is 1. The van der Waals surface area contributed by atoms with Crippen molar-refractivity contribution in [2.24, 2.45) is 5.92 Å². The third-order valence-electron chi connectivity index (χ3n) is 3.49. The Morgan fingerprint density at radius 2 is 1.82 bits per heavy atom. The van der Waals surface area contributed by atoms with E-state index in [0.717, 1.165) is 13.0 Å². The highest BCUT2D eigenvalue weighted by atomic mass is 14.9. The summed E-state index contributed by atoms with van der Waals surface area (Å²) in [5.74, 6) is 0.683. The molecule has 0 heterocycles. The van der Waals surface area contributed by atoms with Crippen molar-refractivity contribution in [3.05, 3.63) is 34.9 Å². The average molecular weight is 233 g/mol. The fourth-order valence-corrected chi connectivity index (χ4v) is 2.06. The summed E-state index contributed by atoms with van der Waals surface area (Å²) >= 11 is 0. The van der Waals surface area contributed by atoms with E-state index in [0.29, 0.717) is 12.0 Å². The second kappa shape index (κ2) is 6.80. The number of nitrogens with one attached hydrogen (secondary N) is 1. The molecule has 0 saturated carbocycles. The Morgan fingerprint density at radius 3 is 2.35 bits per heavy atom. The molecule has 0 fully saturated rings. The lowest BCUT2D eigenvalue weighted by Crippen LogP contribution is -2.36. The predicted molar refractivity (Wildman–Crippen MR) is 76.5 cm³/mol. The first-order chi connectivity index (χ1) is 8.04. The summed E-state index contributed by atoms with van der Waals surface area (Å²) in [5.41, 5.74) is 4.24. The summed E-state index contributed by atoms with van der Waals surface area (Å²) in [7, 11) is 0. The molecule has 0 aliphatic heterocycles. The van der Waals surface area contributed by atoms with Crippen molar-refractivity contribution in [1.29, 1.82) is 0 Å². The summed E-state index contributed by atoms with van der Waals surface area (Å²) in [6.45, 7) is 12.3. The third-order valence-corrected chi connectivity index (χ3v) is 3.49. The van der Waals surface area contributed by atoms with E-state index in [4.69, 9.17) is 0 Å². The molecule has 96 valence electrons. The number of hydrogen-bond donors (Lipinski definition) is 1. The zero-order valence-corrected chi connectivity index (χ0v) is 12.0. The van der Waals surface area contributed by atoms with Crippen LogP contribution >= 0.6 is 0 Å². The molecular formula is C16H27N. The van der Waals surface area contributed by atoms with Gasteiger partial charge in [-0.15, -0.1) is 0 Å². The number of rotatable bonds is 6. The molecule has 1 aromatic rings. The van der Waals surface area contributed by atoms with Crippen LogP contribution in [0.3, 0.4) is 0 Å². The maximum absolute atomic E-state index is 3.65. The van der Waals surface area contributed by atoms with Crippen molar-refractivity contribution >= 4 is 0 Å². The van der Waals surface area contributed by atoms with Crippen LogP contribution in [0.1, 0.15) is 43.9 Å². The van der Waals surface area contributed by atoms with Crippen molar-refractivity contribution in [2.75, 3.05) is 6.54 Å². The second-order valence-corrected chi connectivity index (χ2v) is 5.43. The largest absolute Gasteiger partial charge is 0.313 e. The fourth-order valence-electron chi connectivity index (χ4n) is 2.06. The smallest absolute Gasteiger partial charge is 0.0130 e. The van der Waals surface area contributed by atoms with E-state index in [1.165, 1.54) is 23.1 Å². The third kappa shape index (κ3) is 4.51. The predicted octanol–water partition coefficient (Wildman–Crippen LogP) is 3.87. The van der Waals surface area contributed by atoms with Gasteiger partial charge in [-0.3, -0.25) is 0 Å². The zero-order valence-electron chi connectivity index (χ0n) is 12.0. The molecule has 1 atom stereocenters. The molecule has 0 amide bonds. The molecule has 17 heavy (non-hydrogen) atoms. The average Bonchev–Trinajstić information content (AvgIpc) is 2.28. The van der Waals surface area contributed by atoms with Crippen LogP contribution in [0.2, 0.25) is 0 Å². The van der Waals surface area contributed by atoms with Gasteiger partial charge in [-0.05, 0) is 55.8 Å². The van der Waals surface area contributed by atoms with E-state index >= 15 is 0 Å². The monoisotopic (exact) mass is 233 g/mol. The molecule has 1 unspecified atom stereocenters. The quantitative estimate of drug-likeness (QED) is 0.786. The minimum Gasteiger partial charge on any atom is -0.313 e. The first-order valence-corrected chi connectivity index (χ1v) is 6.84. The molecular weight excluding hydrogens is 206 g/mol. The first kappa shape index (κ1) is 14.2. The van der Waals surface area contributed by atoms with E-state index in [1.54, 1.807) is 0 Å². The Balaban J connectivity index is 2.68. The van der Waals surface area contributed by atoms with Crippen molar-refractivity contribution in [3.63, 3.8) is 0 Å². The normalized spacial score (nSPS) is 13.1. The van der Waals surface area contributed by atoms with Crippen LogP contribution < -0.4 is 5.32 Å². The van der Waals surface area contributed by atoms with Crippen LogP contribution in [0.4, 0.5) is 0 Å². The Labute approximate surface area is 107 Å². The van der Waals surface area contributed by atoms with Gasteiger partial charge in [0.25, 0.3) is 0 Å². The topological polar surface area (TPSA) is 12.0 Å². The van der Waals surface area contributed by atoms with E-state index < -0.39 is 0 Å². The molecule has 1 nitrogen and oxygen atoms in total. The van der Waals surface area contributed by atoms with Crippen molar-refractivity contribution in [3.8, 4) is 0 Å². The van der Waals surface area contributed by atoms with Crippen LogP contribution in [-0.4, -0.2) is 12.6 Å². The molecule has 0 bridgehead atoms. The standard InChI is InChI=1S/C16H27N/c1-6-9-17-16(12(2)3)11-15-8-7-13(4)14(5)10-15/h7-8,10,12,16-17H,6,9,11H2,1-5H3. The Bertz CT molecular complexity index is 341. The maximum Gasteiger partial charge on any atom is 0.0130 e. The SMILES string of the molecule is CCCNC(Cc1ccc(C)c(C)c1)C(C)C. The van der Waals surface area contributed by atoms with Crippen LogP contribution in [0.5, 0.6) is 0 Å². The van der Waals surface area contributed by atoms with Crippen LogP contribution in [0.15, 0.2) is 18.2 Å². The lowest BCUT2D eigenvalue weighted by atomic mass is 9.94. The van der Waals surface area contributed by atoms with E-state index in [1.807, 2.05) is 0 Å². The molecule has 0 aliphatic carbocycles. The lowest BCUT2D eigenvalue weighted by Gasteiger charge is -2.22. The highest BCUT2D eigenvalue weighted by Gasteiger charge is 2.13. The van der Waals surface area contributed by atoms with Gasteiger partial charge in [0.05, 0.1) is 0 Å². The van der Waals surface area contributed by atoms with Crippen molar-refractivity contribution < 1.29 is 0 Å². The molecule has 1 heteroatoms. The summed E-state index contributed by atoms with van der Waals surface area (Å²) in [5, 5.41) is 3.65. The van der Waals surface area contributed by atoms with Crippen LogP contribution in [-0.2, 0) is 6.42 Å². The Kier molecular flexibility index (Phi) is 5.70. The Hall–Kier alpha value is -0.820. The van der Waals surface area contributed by atoms with Gasteiger partial charge in [0.1, 0.15) is 0 Å². The fraction of sp³-hybridized carbons (Fsp3) is 0.625. The molecule has 1 N–H and O–H groups in total. The minimum absolute atomic E-state index is 0.594. The van der Waals surface area contributed by atoms with E-state index in [-0.39, 0.29) is 0 Å². The molecule has 0 spiro atoms. The van der Waals surface area contributed by atoms with Gasteiger partial charge in [0.2, 0.25) is 0 Å². The summed E-state index contributed by atoms with van der Waals surface area (Å²) < 4.78 is 0. The number of aryl methyl sites for hydroxylation is 2. The second-order valence-electron chi connectivity index (χ2n) is 5.43. The van der Waals surface area contributed by atoms with Crippen molar-refractivity contribution in [2.45, 2.75) is 53.5 Å².